The summed E-state index contributed by atoms with van der Waals surface area (Å²) in [6.07, 6.45) is 2.53. The van der Waals surface area contributed by atoms with E-state index in [2.05, 4.69) is 10.3 Å². The highest BCUT2D eigenvalue weighted by Gasteiger charge is 2.30. The van der Waals surface area contributed by atoms with Gasteiger partial charge in [-0.1, -0.05) is 12.1 Å². The number of benzene rings is 1. The number of nitrogens with one attached hydrogen (secondary N) is 1. The first kappa shape index (κ1) is 17.7. The minimum Gasteiger partial charge on any atom is -0.378 e. The number of halogens is 1. The average Bonchev–Trinajstić information content (AvgIpc) is 3.10. The minimum atomic E-state index is -0.511. The molecule has 0 spiro atoms. The second-order valence-corrected chi connectivity index (χ2v) is 6.68. The molecular formula is C19H21FN4O3. The summed E-state index contributed by atoms with van der Waals surface area (Å²) in [5.74, 6) is -0.910. The van der Waals surface area contributed by atoms with Crippen molar-refractivity contribution in [1.82, 2.24) is 14.5 Å². The molecule has 8 heteroatoms. The van der Waals surface area contributed by atoms with Gasteiger partial charge >= 0.3 is 0 Å². The smallest absolute Gasteiger partial charge is 0.290 e. The van der Waals surface area contributed by atoms with Gasteiger partial charge in [0.1, 0.15) is 5.82 Å². The van der Waals surface area contributed by atoms with Gasteiger partial charge in [-0.05, 0) is 31.4 Å². The number of anilines is 1. The van der Waals surface area contributed by atoms with Crippen molar-refractivity contribution in [2.45, 2.75) is 25.8 Å². The summed E-state index contributed by atoms with van der Waals surface area (Å²) in [4.78, 5) is 31.8. The van der Waals surface area contributed by atoms with Crippen LogP contribution in [0.5, 0.6) is 0 Å². The number of rotatable bonds is 3. The molecule has 2 aliphatic rings. The molecule has 142 valence electrons. The predicted molar refractivity (Wildman–Crippen MR) is 96.2 cm³/mol. The zero-order valence-corrected chi connectivity index (χ0v) is 14.9. The van der Waals surface area contributed by atoms with Crippen molar-refractivity contribution in [1.29, 1.82) is 0 Å². The number of carbonyl (C=O) groups is 2. The molecule has 3 heterocycles. The molecule has 2 aromatic rings. The molecule has 0 saturated carbocycles. The van der Waals surface area contributed by atoms with Crippen LogP contribution in [0.3, 0.4) is 0 Å². The Morgan fingerprint density at radius 3 is 2.67 bits per heavy atom. The van der Waals surface area contributed by atoms with E-state index in [0.29, 0.717) is 39.3 Å². The lowest BCUT2D eigenvalue weighted by Crippen LogP contribution is -2.42. The first-order chi connectivity index (χ1) is 13.1. The van der Waals surface area contributed by atoms with Gasteiger partial charge in [0, 0.05) is 19.6 Å². The van der Waals surface area contributed by atoms with Gasteiger partial charge < -0.3 is 19.5 Å². The molecule has 2 amide bonds. The van der Waals surface area contributed by atoms with E-state index >= 15 is 0 Å². The number of aromatic nitrogens is 2. The standard InChI is InChI=1S/C19H21FN4O3/c20-13-5-1-2-6-14(13)21-18(25)16-15-7-3-4-8-24(15)17(22-16)19(26)23-9-11-27-12-10-23/h1-2,5-6H,3-4,7-12H2,(H,21,25). The molecule has 7 nitrogen and oxygen atoms in total. The Kier molecular flexibility index (Phi) is 4.89. The summed E-state index contributed by atoms with van der Waals surface area (Å²) < 4.78 is 21.0. The van der Waals surface area contributed by atoms with Gasteiger partial charge in [-0.15, -0.1) is 0 Å². The van der Waals surface area contributed by atoms with Crippen molar-refractivity contribution < 1.29 is 18.7 Å². The third-order valence-electron chi connectivity index (χ3n) is 4.94. The number of hydrogen-bond donors (Lipinski definition) is 1. The maximum Gasteiger partial charge on any atom is 0.290 e. The Hall–Kier alpha value is -2.74. The Bertz CT molecular complexity index is 874. The molecule has 1 aromatic carbocycles. The minimum absolute atomic E-state index is 0.0983. The molecular weight excluding hydrogens is 351 g/mol. The Labute approximate surface area is 156 Å². The molecule has 0 bridgehead atoms. The number of morpholine rings is 1. The van der Waals surface area contributed by atoms with Crippen LogP contribution >= 0.6 is 0 Å². The fourth-order valence-corrected chi connectivity index (χ4v) is 3.54. The molecule has 0 radical (unpaired) electrons. The fourth-order valence-electron chi connectivity index (χ4n) is 3.54. The quantitative estimate of drug-likeness (QED) is 0.895. The first-order valence-corrected chi connectivity index (χ1v) is 9.17. The van der Waals surface area contributed by atoms with Gasteiger partial charge in [0.25, 0.3) is 11.8 Å². The first-order valence-electron chi connectivity index (χ1n) is 9.17. The fraction of sp³-hybridized carbons (Fsp3) is 0.421. The molecule has 1 fully saturated rings. The van der Waals surface area contributed by atoms with E-state index in [1.165, 1.54) is 12.1 Å². The summed E-state index contributed by atoms with van der Waals surface area (Å²) in [7, 11) is 0. The van der Waals surface area contributed by atoms with Crippen LogP contribution in [0.25, 0.3) is 0 Å². The number of para-hydroxylation sites is 1. The Balaban J connectivity index is 1.65. The van der Waals surface area contributed by atoms with Crippen molar-refractivity contribution >= 4 is 17.5 Å². The van der Waals surface area contributed by atoms with E-state index in [0.717, 1.165) is 18.5 Å². The highest BCUT2D eigenvalue weighted by molar-refractivity contribution is 6.05. The van der Waals surface area contributed by atoms with E-state index in [4.69, 9.17) is 4.74 Å². The number of imidazole rings is 1. The number of fused-ring (bicyclic) bond motifs is 1. The molecule has 2 aliphatic heterocycles. The highest BCUT2D eigenvalue weighted by Crippen LogP contribution is 2.24. The summed E-state index contributed by atoms with van der Waals surface area (Å²) in [6, 6.07) is 5.98. The predicted octanol–water partition coefficient (Wildman–Crippen LogP) is 2.08. The Morgan fingerprint density at radius 1 is 1.11 bits per heavy atom. The van der Waals surface area contributed by atoms with Crippen molar-refractivity contribution in [3.05, 3.63) is 47.3 Å². The lowest BCUT2D eigenvalue weighted by atomic mass is 10.1. The molecule has 1 N–H and O–H groups in total. The molecule has 0 aliphatic carbocycles. The monoisotopic (exact) mass is 372 g/mol. The van der Waals surface area contributed by atoms with Crippen molar-refractivity contribution in [2.24, 2.45) is 0 Å². The van der Waals surface area contributed by atoms with Crippen LogP contribution in [0.1, 0.15) is 39.6 Å². The summed E-state index contributed by atoms with van der Waals surface area (Å²) in [5.41, 5.74) is 1.04. The number of hydrogen-bond acceptors (Lipinski definition) is 4. The molecule has 0 atom stereocenters. The van der Waals surface area contributed by atoms with Gasteiger partial charge in [0.05, 0.1) is 24.6 Å². The average molecular weight is 372 g/mol. The molecule has 27 heavy (non-hydrogen) atoms. The molecule has 1 aromatic heterocycles. The zero-order valence-electron chi connectivity index (χ0n) is 14.9. The zero-order chi connectivity index (χ0) is 18.8. The van der Waals surface area contributed by atoms with E-state index in [1.807, 2.05) is 4.57 Å². The van der Waals surface area contributed by atoms with Crippen LogP contribution in [0.15, 0.2) is 24.3 Å². The molecule has 4 rings (SSSR count). The number of carbonyl (C=O) groups excluding carboxylic acids is 2. The number of ether oxygens (including phenoxy) is 1. The highest BCUT2D eigenvalue weighted by atomic mass is 19.1. The number of amides is 2. The van der Waals surface area contributed by atoms with Gasteiger partial charge in [-0.3, -0.25) is 9.59 Å². The Morgan fingerprint density at radius 2 is 1.89 bits per heavy atom. The maximum atomic E-state index is 13.9. The second kappa shape index (κ2) is 7.48. The third-order valence-corrected chi connectivity index (χ3v) is 4.94. The van der Waals surface area contributed by atoms with E-state index in [-0.39, 0.29) is 23.1 Å². The SMILES string of the molecule is O=C(Nc1ccccc1F)c1nc(C(=O)N2CCOCC2)n2c1CCCC2. The van der Waals surface area contributed by atoms with Crippen LogP contribution in [0, 0.1) is 5.82 Å². The van der Waals surface area contributed by atoms with Crippen LogP contribution in [-0.2, 0) is 17.7 Å². The van der Waals surface area contributed by atoms with Crippen molar-refractivity contribution in [3.63, 3.8) is 0 Å². The largest absolute Gasteiger partial charge is 0.378 e. The third kappa shape index (κ3) is 3.44. The lowest BCUT2D eigenvalue weighted by Gasteiger charge is -2.27. The summed E-state index contributed by atoms with van der Waals surface area (Å²) >= 11 is 0. The lowest BCUT2D eigenvalue weighted by molar-refractivity contribution is 0.0291. The normalized spacial score (nSPS) is 16.7. The summed E-state index contributed by atoms with van der Waals surface area (Å²) in [6.45, 7) is 2.68. The van der Waals surface area contributed by atoms with Crippen molar-refractivity contribution in [2.75, 3.05) is 31.6 Å². The molecule has 1 saturated heterocycles. The van der Waals surface area contributed by atoms with E-state index in [1.54, 1.807) is 17.0 Å². The second-order valence-electron chi connectivity index (χ2n) is 6.68. The van der Waals surface area contributed by atoms with Crippen LogP contribution in [0.2, 0.25) is 0 Å². The van der Waals surface area contributed by atoms with Crippen LogP contribution < -0.4 is 5.32 Å². The van der Waals surface area contributed by atoms with Gasteiger partial charge in [0.15, 0.2) is 11.5 Å². The van der Waals surface area contributed by atoms with Crippen LogP contribution in [-0.4, -0.2) is 52.6 Å². The molecule has 0 unspecified atom stereocenters. The van der Waals surface area contributed by atoms with Gasteiger partial charge in [0.2, 0.25) is 0 Å². The van der Waals surface area contributed by atoms with Crippen LogP contribution in [0.4, 0.5) is 10.1 Å². The van der Waals surface area contributed by atoms with Crippen molar-refractivity contribution in [3.8, 4) is 0 Å². The van der Waals surface area contributed by atoms with Gasteiger partial charge in [-0.2, -0.15) is 0 Å². The van der Waals surface area contributed by atoms with Gasteiger partial charge in [-0.25, -0.2) is 9.37 Å². The maximum absolute atomic E-state index is 13.9. The van der Waals surface area contributed by atoms with E-state index < -0.39 is 11.7 Å². The topological polar surface area (TPSA) is 76.5 Å². The van der Waals surface area contributed by atoms with E-state index in [9.17, 15) is 14.0 Å². The summed E-state index contributed by atoms with van der Waals surface area (Å²) in [5, 5.41) is 2.57. The number of nitrogens with zero attached hydrogens (tertiary/aromatic N) is 3.